The third-order valence-corrected chi connectivity index (χ3v) is 6.49. The second-order valence-corrected chi connectivity index (χ2v) is 9.09. The molecule has 5 nitrogen and oxygen atoms in total. The van der Waals surface area contributed by atoms with Crippen LogP contribution in [0.25, 0.3) is 0 Å². The van der Waals surface area contributed by atoms with E-state index in [0.29, 0.717) is 46.7 Å². The number of halogens is 2. The number of aliphatic carboxylic acids is 1. The summed E-state index contributed by atoms with van der Waals surface area (Å²) in [5.41, 5.74) is 7.97. The first-order valence-electron chi connectivity index (χ1n) is 11.2. The predicted octanol–water partition coefficient (Wildman–Crippen LogP) is 6.04. The predicted molar refractivity (Wildman–Crippen MR) is 132 cm³/mol. The Balaban J connectivity index is 2.09. The van der Waals surface area contributed by atoms with Crippen LogP contribution in [0.5, 0.6) is 0 Å². The van der Waals surface area contributed by atoms with E-state index < -0.39 is 12.1 Å². The highest BCUT2D eigenvalue weighted by Gasteiger charge is 2.23. The molecule has 2 rings (SSSR count). The second-order valence-electron chi connectivity index (χ2n) is 8.28. The Kier molecular flexibility index (Phi) is 11.3. The van der Waals surface area contributed by atoms with Gasteiger partial charge in [-0.15, -0.1) is 0 Å². The van der Waals surface area contributed by atoms with E-state index in [-0.39, 0.29) is 12.3 Å². The van der Waals surface area contributed by atoms with E-state index in [0.717, 1.165) is 25.7 Å². The average molecular weight is 481 g/mol. The fourth-order valence-corrected chi connectivity index (χ4v) is 4.58. The maximum Gasteiger partial charge on any atom is 0.303 e. The summed E-state index contributed by atoms with van der Waals surface area (Å²) in [5.74, 6) is -0.182. The molecule has 3 unspecified atom stereocenters. The van der Waals surface area contributed by atoms with Crippen molar-refractivity contribution in [1.29, 1.82) is 0 Å². The first-order valence-corrected chi connectivity index (χ1v) is 12.0. The molecular formula is C25H34Cl2N2O3. The Labute approximate surface area is 200 Å². The summed E-state index contributed by atoms with van der Waals surface area (Å²) >= 11 is 12.2. The number of aliphatic hydroxyl groups excluding tert-OH is 1. The summed E-state index contributed by atoms with van der Waals surface area (Å²) in [6.45, 7) is 3.19. The van der Waals surface area contributed by atoms with Gasteiger partial charge in [-0.2, -0.15) is 0 Å². The van der Waals surface area contributed by atoms with Crippen molar-refractivity contribution >= 4 is 34.9 Å². The largest absolute Gasteiger partial charge is 0.481 e. The van der Waals surface area contributed by atoms with Crippen LogP contribution < -0.4 is 11.1 Å². The highest BCUT2D eigenvalue weighted by atomic mass is 35.5. The maximum absolute atomic E-state index is 11.1. The van der Waals surface area contributed by atoms with Crippen LogP contribution in [0.1, 0.15) is 68.6 Å². The number of rotatable bonds is 14. The van der Waals surface area contributed by atoms with E-state index in [9.17, 15) is 9.90 Å². The lowest BCUT2D eigenvalue weighted by atomic mass is 9.79. The van der Waals surface area contributed by atoms with Crippen molar-refractivity contribution in [1.82, 2.24) is 5.32 Å². The molecule has 3 atom stereocenters. The minimum atomic E-state index is -0.781. The minimum absolute atomic E-state index is 0.164. The number of benzene rings is 2. The number of nitrogen functional groups attached to an aromatic ring is 1. The number of unbranched alkanes of at least 4 members (excludes halogenated alkanes) is 1. The quantitative estimate of drug-likeness (QED) is 0.247. The molecular weight excluding hydrogens is 447 g/mol. The Bertz CT molecular complexity index is 825. The molecule has 0 saturated carbocycles. The summed E-state index contributed by atoms with van der Waals surface area (Å²) in [5, 5.41) is 23.7. The molecule has 0 radical (unpaired) electrons. The number of nitrogens with two attached hydrogens (primary N) is 1. The third kappa shape index (κ3) is 8.28. The van der Waals surface area contributed by atoms with Crippen molar-refractivity contribution in [2.24, 2.45) is 5.92 Å². The molecule has 0 aliphatic carbocycles. The van der Waals surface area contributed by atoms with Gasteiger partial charge in [0.15, 0.2) is 0 Å². The van der Waals surface area contributed by atoms with Gasteiger partial charge in [-0.25, -0.2) is 0 Å². The fourth-order valence-electron chi connectivity index (χ4n) is 4.08. The zero-order valence-electron chi connectivity index (χ0n) is 18.6. The van der Waals surface area contributed by atoms with Crippen LogP contribution in [-0.4, -0.2) is 29.3 Å². The molecule has 5 N–H and O–H groups in total. The number of hydrogen-bond acceptors (Lipinski definition) is 4. The van der Waals surface area contributed by atoms with Gasteiger partial charge in [0.2, 0.25) is 0 Å². The summed E-state index contributed by atoms with van der Waals surface area (Å²) in [6.07, 6.45) is 4.08. The molecule has 0 aromatic heterocycles. The fraction of sp³-hybridized carbons (Fsp3) is 0.480. The van der Waals surface area contributed by atoms with Crippen molar-refractivity contribution in [3.8, 4) is 0 Å². The molecule has 0 fully saturated rings. The molecule has 0 amide bonds. The monoisotopic (exact) mass is 480 g/mol. The van der Waals surface area contributed by atoms with Gasteiger partial charge in [0.05, 0.1) is 21.8 Å². The molecule has 0 spiro atoms. The smallest absolute Gasteiger partial charge is 0.303 e. The number of aliphatic hydroxyl groups is 1. The summed E-state index contributed by atoms with van der Waals surface area (Å²) < 4.78 is 0. The van der Waals surface area contributed by atoms with Gasteiger partial charge in [-0.1, -0.05) is 73.3 Å². The number of carboxylic acids is 1. The van der Waals surface area contributed by atoms with Crippen LogP contribution >= 0.6 is 23.2 Å². The second kappa shape index (κ2) is 13.7. The summed E-state index contributed by atoms with van der Waals surface area (Å²) in [7, 11) is 0. The molecule has 2 aromatic carbocycles. The van der Waals surface area contributed by atoms with E-state index >= 15 is 0 Å². The van der Waals surface area contributed by atoms with Crippen molar-refractivity contribution in [3.05, 3.63) is 63.6 Å². The van der Waals surface area contributed by atoms with Crippen molar-refractivity contribution in [2.45, 2.75) is 57.5 Å². The van der Waals surface area contributed by atoms with Crippen molar-refractivity contribution < 1.29 is 15.0 Å². The molecule has 176 valence electrons. The normalized spacial score (nSPS) is 14.1. The maximum atomic E-state index is 11.1. The van der Waals surface area contributed by atoms with Crippen LogP contribution in [0.15, 0.2) is 42.5 Å². The highest BCUT2D eigenvalue weighted by Crippen LogP contribution is 2.34. The molecule has 32 heavy (non-hydrogen) atoms. The molecule has 0 heterocycles. The van der Waals surface area contributed by atoms with Gasteiger partial charge in [0.25, 0.3) is 0 Å². The van der Waals surface area contributed by atoms with Gasteiger partial charge in [0.1, 0.15) is 0 Å². The van der Waals surface area contributed by atoms with Crippen LogP contribution in [-0.2, 0) is 4.79 Å². The standard InChI is InChI=1S/C25H34Cl2N2O3/c1-2-3-11-20(17-8-5-4-6-9-17)18(10-7-12-24(31)32)15-29-16-23(30)19-13-21(26)25(28)22(27)14-19/h4-6,8-9,13-14,18,20,23,29-30H,2-3,7,10-12,15-16,28H2,1H3,(H,31,32). The van der Waals surface area contributed by atoms with E-state index in [2.05, 4.69) is 24.4 Å². The van der Waals surface area contributed by atoms with Crippen LogP contribution in [0.4, 0.5) is 5.69 Å². The molecule has 7 heteroatoms. The molecule has 0 aliphatic rings. The van der Waals surface area contributed by atoms with Crippen LogP contribution in [0.2, 0.25) is 10.0 Å². The topological polar surface area (TPSA) is 95.6 Å². The summed E-state index contributed by atoms with van der Waals surface area (Å²) in [4.78, 5) is 11.1. The minimum Gasteiger partial charge on any atom is -0.481 e. The molecule has 2 aromatic rings. The molecule has 0 bridgehead atoms. The Hall–Kier alpha value is -1.79. The SMILES string of the molecule is CCCCC(c1ccccc1)C(CCCC(=O)O)CNCC(O)c1cc(Cl)c(N)c(Cl)c1. The summed E-state index contributed by atoms with van der Waals surface area (Å²) in [6, 6.07) is 13.7. The van der Waals surface area contributed by atoms with Gasteiger partial charge >= 0.3 is 5.97 Å². The Morgan fingerprint density at radius 1 is 1.03 bits per heavy atom. The van der Waals surface area contributed by atoms with Gasteiger partial charge in [-0.05, 0) is 60.9 Å². The number of hydrogen-bond donors (Lipinski definition) is 4. The number of carboxylic acid groups (broad SMARTS) is 1. The van der Waals surface area contributed by atoms with E-state index in [1.54, 1.807) is 12.1 Å². The number of anilines is 1. The lowest BCUT2D eigenvalue weighted by Crippen LogP contribution is -2.31. The van der Waals surface area contributed by atoms with Gasteiger partial charge < -0.3 is 21.3 Å². The van der Waals surface area contributed by atoms with Crippen molar-refractivity contribution in [2.75, 3.05) is 18.8 Å². The lowest BCUT2D eigenvalue weighted by molar-refractivity contribution is -0.137. The molecule has 0 aliphatic heterocycles. The average Bonchev–Trinajstić information content (AvgIpc) is 2.77. The van der Waals surface area contributed by atoms with Gasteiger partial charge in [-0.3, -0.25) is 4.79 Å². The Morgan fingerprint density at radius 2 is 1.69 bits per heavy atom. The highest BCUT2D eigenvalue weighted by molar-refractivity contribution is 6.38. The zero-order valence-corrected chi connectivity index (χ0v) is 20.1. The zero-order chi connectivity index (χ0) is 23.5. The Morgan fingerprint density at radius 3 is 2.28 bits per heavy atom. The van der Waals surface area contributed by atoms with E-state index in [4.69, 9.17) is 34.0 Å². The van der Waals surface area contributed by atoms with Crippen LogP contribution in [0, 0.1) is 5.92 Å². The lowest BCUT2D eigenvalue weighted by Gasteiger charge is -2.29. The molecule has 0 saturated heterocycles. The van der Waals surface area contributed by atoms with Crippen molar-refractivity contribution in [3.63, 3.8) is 0 Å². The van der Waals surface area contributed by atoms with E-state index in [1.165, 1.54) is 5.56 Å². The van der Waals surface area contributed by atoms with E-state index in [1.807, 2.05) is 18.2 Å². The number of nitrogens with one attached hydrogen (secondary N) is 1. The van der Waals surface area contributed by atoms with Crippen LogP contribution in [0.3, 0.4) is 0 Å². The first-order chi connectivity index (χ1) is 15.3. The third-order valence-electron chi connectivity index (χ3n) is 5.86. The van der Waals surface area contributed by atoms with Gasteiger partial charge in [0, 0.05) is 13.0 Å². The first kappa shape index (κ1) is 26.5. The number of carbonyl (C=O) groups is 1.